The molecule has 0 aliphatic carbocycles. The fourth-order valence-corrected chi connectivity index (χ4v) is 1.53. The van der Waals surface area contributed by atoms with Crippen LogP contribution >= 0.6 is 0 Å². The molecule has 0 amide bonds. The fourth-order valence-electron chi connectivity index (χ4n) is 1.53. The normalized spacial score (nSPS) is 10.1. The van der Waals surface area contributed by atoms with Crippen LogP contribution in [-0.2, 0) is 6.61 Å². The van der Waals surface area contributed by atoms with Crippen LogP contribution < -0.4 is 4.90 Å². The number of aliphatic hydroxyl groups excluding tert-OH is 1. The summed E-state index contributed by atoms with van der Waals surface area (Å²) in [7, 11) is 1.90. The zero-order valence-corrected chi connectivity index (χ0v) is 9.04. The molecule has 2 aromatic heterocycles. The Bertz CT molecular complexity index is 459. The van der Waals surface area contributed by atoms with Gasteiger partial charge in [-0.1, -0.05) is 6.07 Å². The number of aliphatic hydroxyl groups is 1. The molecular weight excluding hydrogens is 202 g/mol. The van der Waals surface area contributed by atoms with Gasteiger partial charge in [-0.25, -0.2) is 4.98 Å². The zero-order chi connectivity index (χ0) is 11.4. The number of rotatable bonds is 3. The second kappa shape index (κ2) is 4.72. The Morgan fingerprint density at radius 2 is 2.06 bits per heavy atom. The highest BCUT2D eigenvalue weighted by molar-refractivity contribution is 5.60. The Kier molecular flexibility index (Phi) is 3.12. The SMILES string of the molecule is CN(c1cccnc1)c1ncccc1CO. The van der Waals surface area contributed by atoms with Gasteiger partial charge >= 0.3 is 0 Å². The third kappa shape index (κ3) is 2.01. The quantitative estimate of drug-likeness (QED) is 0.847. The van der Waals surface area contributed by atoms with Crippen molar-refractivity contribution in [2.24, 2.45) is 0 Å². The van der Waals surface area contributed by atoms with Crippen LogP contribution in [0.5, 0.6) is 0 Å². The highest BCUT2D eigenvalue weighted by atomic mass is 16.3. The predicted molar refractivity (Wildman–Crippen MR) is 62.5 cm³/mol. The summed E-state index contributed by atoms with van der Waals surface area (Å²) >= 11 is 0. The van der Waals surface area contributed by atoms with Gasteiger partial charge in [0.25, 0.3) is 0 Å². The molecule has 2 rings (SSSR count). The summed E-state index contributed by atoms with van der Waals surface area (Å²) in [5, 5.41) is 9.23. The molecular formula is C12H13N3O. The minimum atomic E-state index is -0.0201. The first-order valence-electron chi connectivity index (χ1n) is 5.01. The van der Waals surface area contributed by atoms with E-state index in [2.05, 4.69) is 9.97 Å². The average molecular weight is 215 g/mol. The molecule has 0 fully saturated rings. The Morgan fingerprint density at radius 1 is 1.25 bits per heavy atom. The molecule has 4 heteroatoms. The number of aromatic nitrogens is 2. The lowest BCUT2D eigenvalue weighted by Crippen LogP contribution is -2.13. The third-order valence-corrected chi connectivity index (χ3v) is 2.39. The van der Waals surface area contributed by atoms with Crippen LogP contribution in [0, 0.1) is 0 Å². The van der Waals surface area contributed by atoms with Crippen LogP contribution in [0.1, 0.15) is 5.56 Å². The topological polar surface area (TPSA) is 49.2 Å². The maximum absolute atomic E-state index is 9.23. The van der Waals surface area contributed by atoms with Crippen LogP contribution in [0.3, 0.4) is 0 Å². The molecule has 2 aromatic rings. The molecule has 0 unspecified atom stereocenters. The van der Waals surface area contributed by atoms with Crippen LogP contribution in [0.2, 0.25) is 0 Å². The van der Waals surface area contributed by atoms with E-state index in [-0.39, 0.29) is 6.61 Å². The summed E-state index contributed by atoms with van der Waals surface area (Å²) in [6.07, 6.45) is 5.19. The van der Waals surface area contributed by atoms with Gasteiger partial charge in [-0.3, -0.25) is 4.98 Å². The highest BCUT2D eigenvalue weighted by Gasteiger charge is 2.09. The third-order valence-electron chi connectivity index (χ3n) is 2.39. The van der Waals surface area contributed by atoms with Gasteiger partial charge in [0.15, 0.2) is 0 Å². The second-order valence-electron chi connectivity index (χ2n) is 3.41. The largest absolute Gasteiger partial charge is 0.392 e. The molecule has 0 aliphatic heterocycles. The molecule has 16 heavy (non-hydrogen) atoms. The monoisotopic (exact) mass is 215 g/mol. The van der Waals surface area contributed by atoms with Crippen molar-refractivity contribution in [1.82, 2.24) is 9.97 Å². The smallest absolute Gasteiger partial charge is 0.138 e. The van der Waals surface area contributed by atoms with Crippen LogP contribution in [0.15, 0.2) is 42.9 Å². The van der Waals surface area contributed by atoms with Crippen molar-refractivity contribution in [3.8, 4) is 0 Å². The zero-order valence-electron chi connectivity index (χ0n) is 9.04. The Labute approximate surface area is 94.2 Å². The maximum atomic E-state index is 9.23. The van der Waals surface area contributed by atoms with Gasteiger partial charge in [0.2, 0.25) is 0 Å². The molecule has 0 bridgehead atoms. The molecule has 0 radical (unpaired) electrons. The lowest BCUT2D eigenvalue weighted by molar-refractivity contribution is 0.282. The summed E-state index contributed by atoms with van der Waals surface area (Å²) in [5.41, 5.74) is 1.74. The number of nitrogens with zero attached hydrogens (tertiary/aromatic N) is 3. The molecule has 0 saturated heterocycles. The van der Waals surface area contributed by atoms with E-state index in [0.29, 0.717) is 0 Å². The van der Waals surface area contributed by atoms with E-state index in [1.165, 1.54) is 0 Å². The molecule has 0 atom stereocenters. The van der Waals surface area contributed by atoms with Gasteiger partial charge < -0.3 is 10.0 Å². The van der Waals surface area contributed by atoms with Gasteiger partial charge in [0.1, 0.15) is 5.82 Å². The summed E-state index contributed by atoms with van der Waals surface area (Å²) in [6.45, 7) is -0.0201. The number of hydrogen-bond acceptors (Lipinski definition) is 4. The summed E-state index contributed by atoms with van der Waals surface area (Å²) in [4.78, 5) is 10.2. The van der Waals surface area contributed by atoms with E-state index in [0.717, 1.165) is 17.1 Å². The van der Waals surface area contributed by atoms with E-state index < -0.39 is 0 Å². The fraction of sp³-hybridized carbons (Fsp3) is 0.167. The van der Waals surface area contributed by atoms with Gasteiger partial charge in [-0.05, 0) is 18.2 Å². The first-order chi connectivity index (χ1) is 7.83. The minimum Gasteiger partial charge on any atom is -0.392 e. The summed E-state index contributed by atoms with van der Waals surface area (Å²) < 4.78 is 0. The molecule has 4 nitrogen and oxygen atoms in total. The van der Waals surface area contributed by atoms with E-state index in [1.54, 1.807) is 18.6 Å². The van der Waals surface area contributed by atoms with E-state index in [4.69, 9.17) is 0 Å². The molecule has 0 saturated carbocycles. The first-order valence-corrected chi connectivity index (χ1v) is 5.01. The predicted octanol–water partition coefficient (Wildman–Crippen LogP) is 1.74. The summed E-state index contributed by atoms with van der Waals surface area (Å²) in [5.74, 6) is 0.748. The second-order valence-corrected chi connectivity index (χ2v) is 3.41. The van der Waals surface area contributed by atoms with Crippen molar-refractivity contribution in [2.75, 3.05) is 11.9 Å². The molecule has 0 spiro atoms. The van der Waals surface area contributed by atoms with Crippen LogP contribution in [-0.4, -0.2) is 22.1 Å². The van der Waals surface area contributed by atoms with Crippen molar-refractivity contribution >= 4 is 11.5 Å². The Balaban J connectivity index is 2.37. The molecule has 82 valence electrons. The van der Waals surface area contributed by atoms with Crippen molar-refractivity contribution in [1.29, 1.82) is 0 Å². The van der Waals surface area contributed by atoms with Gasteiger partial charge in [-0.15, -0.1) is 0 Å². The van der Waals surface area contributed by atoms with Crippen molar-refractivity contribution < 1.29 is 5.11 Å². The minimum absolute atomic E-state index is 0.0201. The summed E-state index contributed by atoms with van der Waals surface area (Å²) in [6, 6.07) is 7.48. The molecule has 0 aromatic carbocycles. The highest BCUT2D eigenvalue weighted by Crippen LogP contribution is 2.23. The lowest BCUT2D eigenvalue weighted by Gasteiger charge is -2.19. The Hall–Kier alpha value is -1.94. The van der Waals surface area contributed by atoms with Gasteiger partial charge in [-0.2, -0.15) is 0 Å². The molecule has 1 N–H and O–H groups in total. The standard InChI is InChI=1S/C12H13N3O/c1-15(11-5-3-6-13-8-11)12-10(9-16)4-2-7-14-12/h2-8,16H,9H2,1H3. The van der Waals surface area contributed by atoms with E-state index >= 15 is 0 Å². The van der Waals surface area contributed by atoms with Crippen molar-refractivity contribution in [2.45, 2.75) is 6.61 Å². The van der Waals surface area contributed by atoms with E-state index in [1.807, 2.05) is 36.2 Å². The van der Waals surface area contributed by atoms with Crippen LogP contribution in [0.4, 0.5) is 11.5 Å². The number of hydrogen-bond donors (Lipinski definition) is 1. The maximum Gasteiger partial charge on any atom is 0.138 e. The molecule has 2 heterocycles. The number of anilines is 2. The average Bonchev–Trinajstić information content (AvgIpc) is 2.39. The van der Waals surface area contributed by atoms with Gasteiger partial charge in [0, 0.05) is 25.0 Å². The van der Waals surface area contributed by atoms with Crippen LogP contribution in [0.25, 0.3) is 0 Å². The molecule has 0 aliphatic rings. The Morgan fingerprint density at radius 3 is 2.75 bits per heavy atom. The number of pyridine rings is 2. The van der Waals surface area contributed by atoms with Gasteiger partial charge in [0.05, 0.1) is 18.5 Å². The first kappa shape index (κ1) is 10.6. The van der Waals surface area contributed by atoms with Crippen molar-refractivity contribution in [3.63, 3.8) is 0 Å². The van der Waals surface area contributed by atoms with Crippen molar-refractivity contribution in [3.05, 3.63) is 48.4 Å². The lowest BCUT2D eigenvalue weighted by atomic mass is 10.2. The van der Waals surface area contributed by atoms with E-state index in [9.17, 15) is 5.11 Å².